The number of aldehydes is 1. The van der Waals surface area contributed by atoms with Crippen molar-refractivity contribution in [3.63, 3.8) is 0 Å². The number of methoxy groups -OCH3 is 2. The van der Waals surface area contributed by atoms with Crippen molar-refractivity contribution in [1.29, 1.82) is 0 Å². The number of allylic oxidation sites excluding steroid dienone is 1. The number of fused-ring (bicyclic) bond motifs is 8. The summed E-state index contributed by atoms with van der Waals surface area (Å²) in [5.74, 6) is -2.68. The Labute approximate surface area is 265 Å². The zero-order chi connectivity index (χ0) is 33.0. The van der Waals surface area contributed by atoms with E-state index in [1.54, 1.807) is 6.08 Å². The van der Waals surface area contributed by atoms with E-state index in [1.165, 1.54) is 14.2 Å². The molecule has 0 fully saturated rings. The number of Topliss-reactive ketones (excluding diaryl/α,β-unsaturated/α-hetero) is 1. The predicted molar refractivity (Wildman–Crippen MR) is 174 cm³/mol. The van der Waals surface area contributed by atoms with Crippen LogP contribution in [0.4, 0.5) is 0 Å². The minimum absolute atomic E-state index is 0.165. The summed E-state index contributed by atoms with van der Waals surface area (Å²) >= 11 is 0. The number of nitrogens with one attached hydrogen (secondary N) is 4. The molecule has 8 bridgehead atoms. The fourth-order valence-corrected chi connectivity index (χ4v) is 7.39. The Morgan fingerprint density at radius 3 is 2.30 bits per heavy atom. The molecule has 0 amide bonds. The largest absolute Gasteiger partial charge is 0.469 e. The topological polar surface area (TPSA) is 146 Å². The van der Waals surface area contributed by atoms with Crippen molar-refractivity contribution < 1.29 is 28.7 Å². The SMILES string of the molecule is C=Cc1c(C)/c2[nH]/c1=C\c1[nH]c(c(CC)c1C=O)/C=c1\[nH]c3c(c1C)C(=O)[C@H](C(=O)OC)C=3C1NC(=C(C)[C@@H]1CCC(=O)OC)\C=2. The van der Waals surface area contributed by atoms with Crippen LogP contribution in [0.5, 0.6) is 0 Å². The van der Waals surface area contributed by atoms with Crippen LogP contribution in [0.25, 0.3) is 29.9 Å². The third-order valence-corrected chi connectivity index (χ3v) is 9.87. The first-order chi connectivity index (χ1) is 22.1. The first-order valence-electron chi connectivity index (χ1n) is 15.4. The first-order valence-corrected chi connectivity index (χ1v) is 15.4. The molecule has 10 heteroatoms. The summed E-state index contributed by atoms with van der Waals surface area (Å²) in [5, 5.41) is 6.53. The highest BCUT2D eigenvalue weighted by Crippen LogP contribution is 2.39. The van der Waals surface area contributed by atoms with E-state index in [2.05, 4.69) is 26.8 Å². The molecule has 3 aliphatic rings. The molecule has 238 valence electrons. The van der Waals surface area contributed by atoms with Crippen molar-refractivity contribution in [2.24, 2.45) is 11.8 Å². The average Bonchev–Trinajstić information content (AvgIpc) is 3.79. The lowest BCUT2D eigenvalue weighted by atomic mass is 9.82. The molecule has 46 heavy (non-hydrogen) atoms. The van der Waals surface area contributed by atoms with Crippen LogP contribution < -0.4 is 26.7 Å². The number of ketones is 1. The molecule has 0 radical (unpaired) electrons. The molecule has 1 aliphatic carbocycles. The van der Waals surface area contributed by atoms with E-state index in [1.807, 2.05) is 45.9 Å². The minimum atomic E-state index is -1.14. The fraction of sp³-hybridized carbons (Fsp3) is 0.333. The van der Waals surface area contributed by atoms with E-state index in [-0.39, 0.29) is 24.1 Å². The van der Waals surface area contributed by atoms with E-state index in [9.17, 15) is 19.2 Å². The van der Waals surface area contributed by atoms with E-state index in [0.29, 0.717) is 51.5 Å². The molecule has 3 atom stereocenters. The number of carbonyl (C=O) groups excluding carboxylic acids is 4. The van der Waals surface area contributed by atoms with Gasteiger partial charge >= 0.3 is 11.9 Å². The van der Waals surface area contributed by atoms with Crippen molar-refractivity contribution >= 4 is 53.9 Å². The van der Waals surface area contributed by atoms with E-state index < -0.39 is 17.9 Å². The van der Waals surface area contributed by atoms with Gasteiger partial charge in [0.1, 0.15) is 5.92 Å². The monoisotopic (exact) mass is 622 g/mol. The van der Waals surface area contributed by atoms with Gasteiger partial charge in [0.05, 0.1) is 31.3 Å². The van der Waals surface area contributed by atoms with Gasteiger partial charge in [-0.3, -0.25) is 19.2 Å². The second kappa shape index (κ2) is 11.7. The molecule has 10 nitrogen and oxygen atoms in total. The van der Waals surface area contributed by atoms with E-state index >= 15 is 0 Å². The molecular weight excluding hydrogens is 584 g/mol. The quantitative estimate of drug-likeness (QED) is 0.178. The normalized spacial score (nSPS) is 21.9. The van der Waals surface area contributed by atoms with Crippen LogP contribution in [-0.4, -0.2) is 59.2 Å². The van der Waals surface area contributed by atoms with Crippen LogP contribution in [0.3, 0.4) is 0 Å². The maximum Gasteiger partial charge on any atom is 0.320 e. The third kappa shape index (κ3) is 4.62. The van der Waals surface area contributed by atoms with Crippen LogP contribution >= 0.6 is 0 Å². The fourth-order valence-electron chi connectivity index (χ4n) is 7.39. The van der Waals surface area contributed by atoms with Crippen molar-refractivity contribution in [3.05, 3.63) is 84.0 Å². The van der Waals surface area contributed by atoms with Gasteiger partial charge in [-0.15, -0.1) is 0 Å². The van der Waals surface area contributed by atoms with Crippen molar-refractivity contribution in [3.8, 4) is 0 Å². The predicted octanol–water partition coefficient (Wildman–Crippen LogP) is 1.71. The van der Waals surface area contributed by atoms with Gasteiger partial charge in [-0.05, 0) is 79.7 Å². The van der Waals surface area contributed by atoms with Crippen LogP contribution in [0.2, 0.25) is 0 Å². The summed E-state index contributed by atoms with van der Waals surface area (Å²) in [7, 11) is 2.64. The number of hydrogen-bond acceptors (Lipinski definition) is 7. The maximum absolute atomic E-state index is 14.1. The van der Waals surface area contributed by atoms with E-state index in [4.69, 9.17) is 9.47 Å². The van der Waals surface area contributed by atoms with Crippen LogP contribution in [0, 0.1) is 25.7 Å². The number of ether oxygens (including phenoxy) is 2. The lowest BCUT2D eigenvalue weighted by Crippen LogP contribution is -2.39. The number of esters is 2. The number of aromatic nitrogens is 3. The second-order valence-electron chi connectivity index (χ2n) is 12.1. The molecule has 0 saturated heterocycles. The Kier molecular flexibility index (Phi) is 7.83. The molecule has 0 aromatic carbocycles. The van der Waals surface area contributed by atoms with Gasteiger partial charge < -0.3 is 29.7 Å². The summed E-state index contributed by atoms with van der Waals surface area (Å²) in [6, 6.07) is -0.492. The average molecular weight is 623 g/mol. The minimum Gasteiger partial charge on any atom is -0.469 e. The van der Waals surface area contributed by atoms with Crippen molar-refractivity contribution in [1.82, 2.24) is 20.3 Å². The zero-order valence-corrected chi connectivity index (χ0v) is 26.9. The molecule has 0 saturated carbocycles. The highest BCUT2D eigenvalue weighted by atomic mass is 16.5. The molecule has 5 heterocycles. The van der Waals surface area contributed by atoms with Gasteiger partial charge in [-0.25, -0.2) is 0 Å². The van der Waals surface area contributed by atoms with E-state index in [0.717, 1.165) is 50.6 Å². The number of H-pyrrole nitrogens is 3. The summed E-state index contributed by atoms with van der Waals surface area (Å²) in [4.78, 5) is 62.6. The Morgan fingerprint density at radius 1 is 0.935 bits per heavy atom. The highest BCUT2D eigenvalue weighted by molar-refractivity contribution is 6.19. The van der Waals surface area contributed by atoms with Gasteiger partial charge in [0, 0.05) is 56.5 Å². The molecule has 1 unspecified atom stereocenters. The Bertz CT molecular complexity index is 2140. The zero-order valence-electron chi connectivity index (χ0n) is 26.9. The number of hydrogen-bond donors (Lipinski definition) is 4. The standard InChI is InChI=1S/C36H38N4O6/c1-8-19-16(3)23-12-24-17(4)21(10-11-29(42)45-6)33(39-24)31-32(36(44)46-7)35(43)30-18(5)25(40-34(30)31)13-27-20(9-2)22(15-41)28(38-27)14-26(19)37-23/h8,12-15,21,32-33,37-40H,1,9-11H2,2-7H3/b23-12-,25-13-,26-14-/t21-,32+,33?/m0/s1. The van der Waals surface area contributed by atoms with Gasteiger partial charge in [0.2, 0.25) is 0 Å². The summed E-state index contributed by atoms with van der Waals surface area (Å²) in [6.07, 6.45) is 9.71. The first kappa shape index (κ1) is 30.9. The lowest BCUT2D eigenvalue weighted by molar-refractivity contribution is -0.142. The van der Waals surface area contributed by atoms with Gasteiger partial charge in [0.15, 0.2) is 12.1 Å². The molecular formula is C36H38N4O6. The highest BCUT2D eigenvalue weighted by Gasteiger charge is 2.47. The molecule has 0 spiro atoms. The van der Waals surface area contributed by atoms with Crippen molar-refractivity contribution in [2.45, 2.75) is 53.0 Å². The van der Waals surface area contributed by atoms with Crippen molar-refractivity contribution in [2.75, 3.05) is 14.2 Å². The summed E-state index contributed by atoms with van der Waals surface area (Å²) in [6.45, 7) is 11.9. The molecule has 4 N–H and O–H groups in total. The smallest absolute Gasteiger partial charge is 0.320 e. The molecule has 3 aromatic heterocycles. The summed E-state index contributed by atoms with van der Waals surface area (Å²) < 4.78 is 10.1. The van der Waals surface area contributed by atoms with Gasteiger partial charge in [-0.1, -0.05) is 19.6 Å². The Balaban J connectivity index is 1.74. The molecule has 6 rings (SSSR count). The van der Waals surface area contributed by atoms with Crippen LogP contribution in [0.1, 0.15) is 81.0 Å². The Morgan fingerprint density at radius 2 is 1.65 bits per heavy atom. The van der Waals surface area contributed by atoms with Crippen LogP contribution in [-0.2, 0) is 25.5 Å². The number of rotatable bonds is 7. The lowest BCUT2D eigenvalue weighted by Gasteiger charge is -2.25. The van der Waals surface area contributed by atoms with Gasteiger partial charge in [-0.2, -0.15) is 0 Å². The third-order valence-electron chi connectivity index (χ3n) is 9.87. The molecule has 2 aliphatic heterocycles. The second-order valence-corrected chi connectivity index (χ2v) is 12.1. The Hall–Kier alpha value is -5.12. The summed E-state index contributed by atoms with van der Waals surface area (Å²) in [5.41, 5.74) is 8.19. The molecule has 3 aromatic rings. The van der Waals surface area contributed by atoms with Gasteiger partial charge in [0.25, 0.3) is 0 Å². The maximum atomic E-state index is 14.1. The number of aromatic amines is 3. The number of carbonyl (C=O) groups is 4. The van der Waals surface area contributed by atoms with Crippen LogP contribution in [0.15, 0.2) is 17.8 Å².